The summed E-state index contributed by atoms with van der Waals surface area (Å²) < 4.78 is 0. The molecule has 4 aliphatic carbocycles. The number of rotatable bonds is 1. The fraction of sp³-hybridized carbons (Fsp3) is 0.947. The summed E-state index contributed by atoms with van der Waals surface area (Å²) in [6, 6.07) is 0. The first-order valence-electron chi connectivity index (χ1n) is 9.40. The van der Waals surface area contributed by atoms with Crippen LogP contribution >= 0.6 is 0 Å². The molecule has 1 amide bonds. The Kier molecular flexibility index (Phi) is 3.35. The number of carbonyl (C=O) groups is 1. The van der Waals surface area contributed by atoms with Crippen molar-refractivity contribution < 1.29 is 4.79 Å². The molecule has 4 fully saturated rings. The highest BCUT2D eigenvalue weighted by atomic mass is 16.1. The van der Waals surface area contributed by atoms with Gasteiger partial charge in [0.2, 0.25) is 5.91 Å². The second-order valence-corrected chi connectivity index (χ2v) is 8.80. The summed E-state index contributed by atoms with van der Waals surface area (Å²) in [5.74, 6) is 4.88. The maximum Gasteiger partial charge on any atom is 0.221 e. The van der Waals surface area contributed by atoms with Crippen LogP contribution in [0.5, 0.6) is 0 Å². The molecule has 4 saturated carbocycles. The van der Waals surface area contributed by atoms with Crippen molar-refractivity contribution in [3.05, 3.63) is 0 Å². The van der Waals surface area contributed by atoms with Crippen LogP contribution < -0.4 is 5.73 Å². The lowest BCUT2D eigenvalue weighted by molar-refractivity contribution is -0.129. The number of hydrogen-bond donors (Lipinski definition) is 1. The van der Waals surface area contributed by atoms with E-state index in [1.807, 2.05) is 0 Å². The fourth-order valence-corrected chi connectivity index (χ4v) is 7.30. The first kappa shape index (κ1) is 14.1. The first-order chi connectivity index (χ1) is 10.1. The van der Waals surface area contributed by atoms with Crippen molar-refractivity contribution in [3.63, 3.8) is 0 Å². The van der Waals surface area contributed by atoms with Gasteiger partial charge in [-0.2, -0.15) is 0 Å². The lowest BCUT2D eigenvalue weighted by atomic mass is 9.50. The Hall–Kier alpha value is -0.530. The molecule has 0 aromatic rings. The Morgan fingerprint density at radius 3 is 2.52 bits per heavy atom. The molecule has 0 spiro atoms. The zero-order valence-corrected chi connectivity index (χ0v) is 13.5. The third-order valence-electron chi connectivity index (χ3n) is 8.22. The Morgan fingerprint density at radius 2 is 1.71 bits per heavy atom. The number of nitrogens with two attached hydrogens (primary N) is 1. The number of fused-ring (bicyclic) bond motifs is 5. The lowest BCUT2D eigenvalue weighted by Gasteiger charge is -2.55. The minimum absolute atomic E-state index is 0.0233. The second kappa shape index (κ2) is 4.99. The van der Waals surface area contributed by atoms with E-state index in [9.17, 15) is 4.79 Å². The molecule has 4 rings (SSSR count). The largest absolute Gasteiger partial charge is 0.369 e. The standard InChI is InChI=1S/C19H31NO/c1-19-11-10-14-13-5-3-2-4-12(13)6-7-15(14)16(19)8-9-17(19)18(20)21/h12-17H,2-11H2,1H3,(H2,20,21). The summed E-state index contributed by atoms with van der Waals surface area (Å²) in [6.07, 6.45) is 13.8. The Bertz CT molecular complexity index is 433. The second-order valence-electron chi connectivity index (χ2n) is 8.80. The van der Waals surface area contributed by atoms with Crippen molar-refractivity contribution in [3.8, 4) is 0 Å². The molecule has 2 N–H and O–H groups in total. The van der Waals surface area contributed by atoms with Crippen LogP contribution in [0.2, 0.25) is 0 Å². The zero-order chi connectivity index (χ0) is 14.6. The Labute approximate surface area is 129 Å². The van der Waals surface area contributed by atoms with Crippen LogP contribution in [0.1, 0.15) is 71.1 Å². The summed E-state index contributed by atoms with van der Waals surface area (Å²) in [4.78, 5) is 11.9. The molecule has 0 radical (unpaired) electrons. The van der Waals surface area contributed by atoms with Crippen LogP contribution in [0.15, 0.2) is 0 Å². The average molecular weight is 289 g/mol. The first-order valence-corrected chi connectivity index (χ1v) is 9.40. The van der Waals surface area contributed by atoms with Gasteiger partial charge in [-0.1, -0.05) is 26.2 Å². The molecular weight excluding hydrogens is 258 g/mol. The van der Waals surface area contributed by atoms with E-state index in [0.717, 1.165) is 36.0 Å². The topological polar surface area (TPSA) is 43.1 Å². The quantitative estimate of drug-likeness (QED) is 0.775. The van der Waals surface area contributed by atoms with E-state index >= 15 is 0 Å². The van der Waals surface area contributed by atoms with E-state index in [2.05, 4.69) is 6.92 Å². The number of amides is 1. The highest BCUT2D eigenvalue weighted by molar-refractivity contribution is 5.78. The maximum atomic E-state index is 11.9. The van der Waals surface area contributed by atoms with Gasteiger partial charge in [0, 0.05) is 5.92 Å². The van der Waals surface area contributed by atoms with Gasteiger partial charge >= 0.3 is 0 Å². The number of carbonyl (C=O) groups excluding carboxylic acids is 1. The van der Waals surface area contributed by atoms with E-state index < -0.39 is 0 Å². The van der Waals surface area contributed by atoms with Crippen LogP contribution in [0.25, 0.3) is 0 Å². The Balaban J connectivity index is 1.59. The molecule has 2 heteroatoms. The van der Waals surface area contributed by atoms with Crippen LogP contribution in [0.4, 0.5) is 0 Å². The molecule has 21 heavy (non-hydrogen) atoms. The minimum atomic E-state index is -0.0233. The van der Waals surface area contributed by atoms with Gasteiger partial charge in [0.05, 0.1) is 0 Å². The van der Waals surface area contributed by atoms with Gasteiger partial charge in [-0.05, 0) is 80.0 Å². The van der Waals surface area contributed by atoms with Crippen molar-refractivity contribution in [1.82, 2.24) is 0 Å². The van der Waals surface area contributed by atoms with Gasteiger partial charge in [-0.15, -0.1) is 0 Å². The van der Waals surface area contributed by atoms with E-state index in [4.69, 9.17) is 5.73 Å². The molecule has 7 unspecified atom stereocenters. The van der Waals surface area contributed by atoms with Crippen LogP contribution in [0.3, 0.4) is 0 Å². The van der Waals surface area contributed by atoms with E-state index in [1.165, 1.54) is 57.8 Å². The number of hydrogen-bond acceptors (Lipinski definition) is 1. The van der Waals surface area contributed by atoms with Crippen molar-refractivity contribution in [2.45, 2.75) is 71.1 Å². The van der Waals surface area contributed by atoms with Gasteiger partial charge in [0.25, 0.3) is 0 Å². The molecule has 118 valence electrons. The molecule has 0 aromatic heterocycles. The van der Waals surface area contributed by atoms with Crippen LogP contribution in [0, 0.1) is 40.9 Å². The fourth-order valence-electron chi connectivity index (χ4n) is 7.30. The lowest BCUT2D eigenvalue weighted by Crippen LogP contribution is -2.49. The molecule has 0 aliphatic heterocycles. The summed E-state index contributed by atoms with van der Waals surface area (Å²) >= 11 is 0. The van der Waals surface area contributed by atoms with Gasteiger partial charge in [0.15, 0.2) is 0 Å². The summed E-state index contributed by atoms with van der Waals surface area (Å²) in [7, 11) is 0. The summed E-state index contributed by atoms with van der Waals surface area (Å²) in [6.45, 7) is 2.39. The average Bonchev–Trinajstić information content (AvgIpc) is 2.84. The van der Waals surface area contributed by atoms with Gasteiger partial charge in [0.1, 0.15) is 0 Å². The third-order valence-corrected chi connectivity index (χ3v) is 8.22. The maximum absolute atomic E-state index is 11.9. The van der Waals surface area contributed by atoms with Gasteiger partial charge in [-0.3, -0.25) is 4.79 Å². The molecule has 4 aliphatic rings. The minimum Gasteiger partial charge on any atom is -0.369 e. The van der Waals surface area contributed by atoms with E-state index in [1.54, 1.807) is 0 Å². The molecule has 0 bridgehead atoms. The Morgan fingerprint density at radius 1 is 0.905 bits per heavy atom. The SMILES string of the molecule is CC12CCC3C4CCCCC4CCC3C1CCC2C(N)=O. The molecule has 2 nitrogen and oxygen atoms in total. The van der Waals surface area contributed by atoms with Crippen LogP contribution in [-0.2, 0) is 4.79 Å². The summed E-state index contributed by atoms with van der Waals surface area (Å²) in [5.41, 5.74) is 5.96. The molecule has 0 aromatic carbocycles. The molecule has 0 saturated heterocycles. The predicted octanol–water partition coefficient (Wildman–Crippen LogP) is 4.13. The summed E-state index contributed by atoms with van der Waals surface area (Å²) in [5, 5.41) is 0. The monoisotopic (exact) mass is 289 g/mol. The zero-order valence-electron chi connectivity index (χ0n) is 13.5. The molecular formula is C19H31NO. The van der Waals surface area contributed by atoms with Crippen LogP contribution in [-0.4, -0.2) is 5.91 Å². The smallest absolute Gasteiger partial charge is 0.221 e. The van der Waals surface area contributed by atoms with E-state index in [-0.39, 0.29) is 17.2 Å². The highest BCUT2D eigenvalue weighted by Crippen LogP contribution is 2.64. The van der Waals surface area contributed by atoms with Crippen molar-refractivity contribution in [2.24, 2.45) is 46.7 Å². The molecule has 0 heterocycles. The number of primary amides is 1. The highest BCUT2D eigenvalue weighted by Gasteiger charge is 2.57. The normalized spacial score (nSPS) is 52.6. The van der Waals surface area contributed by atoms with E-state index in [0.29, 0.717) is 0 Å². The van der Waals surface area contributed by atoms with Gasteiger partial charge < -0.3 is 5.73 Å². The van der Waals surface area contributed by atoms with Crippen molar-refractivity contribution in [1.29, 1.82) is 0 Å². The van der Waals surface area contributed by atoms with Crippen molar-refractivity contribution >= 4 is 5.91 Å². The van der Waals surface area contributed by atoms with Crippen molar-refractivity contribution in [2.75, 3.05) is 0 Å². The van der Waals surface area contributed by atoms with Gasteiger partial charge in [-0.25, -0.2) is 0 Å². The molecule has 7 atom stereocenters. The predicted molar refractivity (Wildman–Crippen MR) is 84.4 cm³/mol. The third kappa shape index (κ3) is 2.00.